The molecule has 4 nitrogen and oxygen atoms in total. The second-order valence-electron chi connectivity index (χ2n) is 4.00. The van der Waals surface area contributed by atoms with Gasteiger partial charge in [-0.1, -0.05) is 12.8 Å². The third kappa shape index (κ3) is 1.95. The minimum Gasteiger partial charge on any atom is -0.307 e. The van der Waals surface area contributed by atoms with Gasteiger partial charge in [0, 0.05) is 7.05 Å². The van der Waals surface area contributed by atoms with Gasteiger partial charge in [-0.25, -0.2) is 4.98 Å². The van der Waals surface area contributed by atoms with Gasteiger partial charge < -0.3 is 5.32 Å². The molecule has 0 spiro atoms. The van der Waals surface area contributed by atoms with Crippen molar-refractivity contribution in [2.24, 2.45) is 7.05 Å². The molecule has 0 aromatic carbocycles. The lowest BCUT2D eigenvalue weighted by Gasteiger charge is -2.13. The summed E-state index contributed by atoms with van der Waals surface area (Å²) in [5, 5.41) is 7.81. The highest BCUT2D eigenvalue weighted by Gasteiger charge is 2.18. The molecule has 1 aliphatic heterocycles. The van der Waals surface area contributed by atoms with E-state index in [1.54, 1.807) is 0 Å². The van der Waals surface area contributed by atoms with E-state index < -0.39 is 0 Å². The van der Waals surface area contributed by atoms with Gasteiger partial charge in [-0.3, -0.25) is 4.68 Å². The topological polar surface area (TPSA) is 42.7 Å². The minimum absolute atomic E-state index is 0.406. The highest BCUT2D eigenvalue weighted by molar-refractivity contribution is 4.98. The van der Waals surface area contributed by atoms with Crippen LogP contribution in [0, 0.1) is 6.92 Å². The molecule has 1 saturated heterocycles. The second-order valence-corrected chi connectivity index (χ2v) is 4.00. The summed E-state index contributed by atoms with van der Waals surface area (Å²) < 4.78 is 1.90. The molecule has 1 fully saturated rings. The van der Waals surface area contributed by atoms with Crippen molar-refractivity contribution >= 4 is 0 Å². The lowest BCUT2D eigenvalue weighted by Crippen LogP contribution is -2.23. The van der Waals surface area contributed by atoms with E-state index in [1.807, 2.05) is 18.7 Å². The van der Waals surface area contributed by atoms with E-state index in [4.69, 9.17) is 0 Å². The maximum Gasteiger partial charge on any atom is 0.147 e. The number of aromatic nitrogens is 3. The van der Waals surface area contributed by atoms with Crippen LogP contribution in [-0.2, 0) is 7.05 Å². The smallest absolute Gasteiger partial charge is 0.147 e. The first-order valence-corrected chi connectivity index (χ1v) is 5.38. The summed E-state index contributed by atoms with van der Waals surface area (Å²) in [6, 6.07) is 0.406. The molecule has 1 aliphatic rings. The zero-order chi connectivity index (χ0) is 9.97. The van der Waals surface area contributed by atoms with Crippen LogP contribution in [0.5, 0.6) is 0 Å². The number of hydrogen-bond donors (Lipinski definition) is 1. The van der Waals surface area contributed by atoms with E-state index >= 15 is 0 Å². The van der Waals surface area contributed by atoms with Crippen molar-refractivity contribution < 1.29 is 0 Å². The van der Waals surface area contributed by atoms with Gasteiger partial charge in [0.15, 0.2) is 0 Å². The molecule has 4 heteroatoms. The van der Waals surface area contributed by atoms with Crippen LogP contribution in [0.3, 0.4) is 0 Å². The first-order chi connectivity index (χ1) is 6.77. The predicted octanol–water partition coefficient (Wildman–Crippen LogP) is 1.33. The number of nitrogens with one attached hydrogen (secondary N) is 1. The van der Waals surface area contributed by atoms with E-state index in [9.17, 15) is 0 Å². The van der Waals surface area contributed by atoms with E-state index in [0.29, 0.717) is 6.04 Å². The minimum atomic E-state index is 0.406. The summed E-state index contributed by atoms with van der Waals surface area (Å²) in [4.78, 5) is 4.46. The Kier molecular flexibility index (Phi) is 2.82. The largest absolute Gasteiger partial charge is 0.307 e. The summed E-state index contributed by atoms with van der Waals surface area (Å²) in [5.74, 6) is 1.96. The summed E-state index contributed by atoms with van der Waals surface area (Å²) in [6.07, 6.45) is 5.10. The Morgan fingerprint density at radius 3 is 2.93 bits per heavy atom. The predicted molar refractivity (Wildman–Crippen MR) is 55.0 cm³/mol. The number of rotatable bonds is 1. The van der Waals surface area contributed by atoms with Crippen LogP contribution >= 0.6 is 0 Å². The average Bonchev–Trinajstić information content (AvgIpc) is 2.43. The van der Waals surface area contributed by atoms with Gasteiger partial charge in [0.05, 0.1) is 6.04 Å². The summed E-state index contributed by atoms with van der Waals surface area (Å²) in [6.45, 7) is 3.05. The van der Waals surface area contributed by atoms with E-state index in [0.717, 1.165) is 18.2 Å². The van der Waals surface area contributed by atoms with Gasteiger partial charge >= 0.3 is 0 Å². The maximum absolute atomic E-state index is 4.46. The Labute approximate surface area is 84.7 Å². The van der Waals surface area contributed by atoms with Crippen LogP contribution in [0.4, 0.5) is 0 Å². The fourth-order valence-electron chi connectivity index (χ4n) is 2.08. The molecule has 0 bridgehead atoms. The first-order valence-electron chi connectivity index (χ1n) is 5.38. The highest BCUT2D eigenvalue weighted by atomic mass is 15.3. The molecule has 1 aromatic heterocycles. The van der Waals surface area contributed by atoms with Gasteiger partial charge in [-0.2, -0.15) is 5.10 Å². The molecule has 0 saturated carbocycles. The Morgan fingerprint density at radius 1 is 1.36 bits per heavy atom. The normalized spacial score (nSPS) is 23.4. The number of hydrogen-bond acceptors (Lipinski definition) is 3. The number of nitrogens with zero attached hydrogens (tertiary/aromatic N) is 3. The highest BCUT2D eigenvalue weighted by Crippen LogP contribution is 2.20. The SMILES string of the molecule is Cc1nc(C2CCCCCN2)n(C)n1. The zero-order valence-electron chi connectivity index (χ0n) is 8.95. The Bertz CT molecular complexity index is 297. The van der Waals surface area contributed by atoms with Crippen LogP contribution in [0.1, 0.15) is 43.4 Å². The average molecular weight is 194 g/mol. The van der Waals surface area contributed by atoms with Crippen LogP contribution in [0.2, 0.25) is 0 Å². The molecular formula is C10H18N4. The van der Waals surface area contributed by atoms with E-state index in [2.05, 4.69) is 15.4 Å². The summed E-state index contributed by atoms with van der Waals surface area (Å²) in [7, 11) is 1.97. The van der Waals surface area contributed by atoms with Crippen LogP contribution in [-0.4, -0.2) is 21.3 Å². The Balaban J connectivity index is 2.15. The second kappa shape index (κ2) is 4.09. The van der Waals surface area contributed by atoms with Gasteiger partial charge in [0.25, 0.3) is 0 Å². The van der Waals surface area contributed by atoms with Gasteiger partial charge in [0.1, 0.15) is 11.6 Å². The molecule has 1 N–H and O–H groups in total. The molecule has 1 atom stereocenters. The van der Waals surface area contributed by atoms with Crippen LogP contribution < -0.4 is 5.32 Å². The van der Waals surface area contributed by atoms with Gasteiger partial charge in [0.2, 0.25) is 0 Å². The van der Waals surface area contributed by atoms with Crippen molar-refractivity contribution in [2.75, 3.05) is 6.54 Å². The Morgan fingerprint density at radius 2 is 2.21 bits per heavy atom. The van der Waals surface area contributed by atoms with E-state index in [1.165, 1.54) is 25.7 Å². The Hall–Kier alpha value is -0.900. The molecule has 0 amide bonds. The van der Waals surface area contributed by atoms with Crippen molar-refractivity contribution in [2.45, 2.75) is 38.6 Å². The fraction of sp³-hybridized carbons (Fsp3) is 0.800. The van der Waals surface area contributed by atoms with Gasteiger partial charge in [-0.15, -0.1) is 0 Å². The monoisotopic (exact) mass is 194 g/mol. The lowest BCUT2D eigenvalue weighted by atomic mass is 10.1. The van der Waals surface area contributed by atoms with Crippen molar-refractivity contribution in [3.63, 3.8) is 0 Å². The van der Waals surface area contributed by atoms with Crippen molar-refractivity contribution in [1.82, 2.24) is 20.1 Å². The third-order valence-electron chi connectivity index (χ3n) is 2.77. The van der Waals surface area contributed by atoms with E-state index in [-0.39, 0.29) is 0 Å². The van der Waals surface area contributed by atoms with Crippen LogP contribution in [0.15, 0.2) is 0 Å². The third-order valence-corrected chi connectivity index (χ3v) is 2.77. The molecule has 0 radical (unpaired) electrons. The zero-order valence-corrected chi connectivity index (χ0v) is 8.95. The first kappa shape index (κ1) is 9.65. The molecule has 78 valence electrons. The van der Waals surface area contributed by atoms with Crippen molar-refractivity contribution in [3.8, 4) is 0 Å². The maximum atomic E-state index is 4.46. The molecule has 2 rings (SSSR count). The van der Waals surface area contributed by atoms with Crippen molar-refractivity contribution in [1.29, 1.82) is 0 Å². The number of aryl methyl sites for hydroxylation is 2. The van der Waals surface area contributed by atoms with Crippen LogP contribution in [0.25, 0.3) is 0 Å². The lowest BCUT2D eigenvalue weighted by molar-refractivity contribution is 0.483. The molecule has 1 aromatic rings. The molecular weight excluding hydrogens is 176 g/mol. The van der Waals surface area contributed by atoms with Crippen molar-refractivity contribution in [3.05, 3.63) is 11.6 Å². The fourth-order valence-corrected chi connectivity index (χ4v) is 2.08. The van der Waals surface area contributed by atoms with Gasteiger partial charge in [-0.05, 0) is 26.3 Å². The molecule has 1 unspecified atom stereocenters. The molecule has 2 heterocycles. The quantitative estimate of drug-likeness (QED) is 0.733. The molecule has 14 heavy (non-hydrogen) atoms. The standard InChI is InChI=1S/C10H18N4/c1-8-12-10(14(2)13-8)9-6-4-3-5-7-11-9/h9,11H,3-7H2,1-2H3. The molecule has 0 aliphatic carbocycles. The summed E-state index contributed by atoms with van der Waals surface area (Å²) in [5.41, 5.74) is 0. The summed E-state index contributed by atoms with van der Waals surface area (Å²) >= 11 is 0.